The topological polar surface area (TPSA) is 44.8 Å². The van der Waals surface area contributed by atoms with Gasteiger partial charge in [0.2, 0.25) is 0 Å². The normalized spacial score (nSPS) is 14.5. The minimum absolute atomic E-state index is 0.239. The molecule has 2 aromatic rings. The first-order chi connectivity index (χ1) is 15.2. The Morgan fingerprint density at radius 2 is 1.84 bits per heavy atom. The first kappa shape index (κ1) is 23.2. The van der Waals surface area contributed by atoms with Crippen molar-refractivity contribution in [3.63, 3.8) is 0 Å². The fourth-order valence-electron chi connectivity index (χ4n) is 3.94. The lowest BCUT2D eigenvalue weighted by Gasteiger charge is -2.38. The summed E-state index contributed by atoms with van der Waals surface area (Å²) in [7, 11) is 0. The maximum atomic E-state index is 12.1. The van der Waals surface area contributed by atoms with Crippen LogP contribution >= 0.6 is 11.6 Å². The van der Waals surface area contributed by atoms with E-state index in [1.54, 1.807) is 11.0 Å². The summed E-state index contributed by atoms with van der Waals surface area (Å²) in [5.74, 6) is 0. The Morgan fingerprint density at radius 1 is 1.13 bits per heavy atom. The van der Waals surface area contributed by atoms with E-state index in [4.69, 9.17) is 16.3 Å². The second-order valence-corrected chi connectivity index (χ2v) is 8.23. The smallest absolute Gasteiger partial charge is 0.410 e. The van der Waals surface area contributed by atoms with Crippen molar-refractivity contribution in [2.24, 2.45) is 0 Å². The van der Waals surface area contributed by atoms with Gasteiger partial charge in [-0.15, -0.1) is 0 Å². The number of anilines is 1. The number of likely N-dealkylation sites (tertiary alicyclic amines) is 1. The van der Waals surface area contributed by atoms with Gasteiger partial charge >= 0.3 is 6.09 Å². The molecule has 2 aromatic carbocycles. The molecular weight excluding hydrogens is 410 g/mol. The molecule has 5 nitrogen and oxygen atoms in total. The predicted octanol–water partition coefficient (Wildman–Crippen LogP) is 5.08. The number of nitrogens with one attached hydrogen (secondary N) is 1. The molecule has 1 aliphatic heterocycles. The number of hydrogen-bond acceptors (Lipinski definition) is 4. The number of para-hydroxylation sites is 1. The zero-order valence-corrected chi connectivity index (χ0v) is 18.8. The van der Waals surface area contributed by atoms with E-state index in [9.17, 15) is 4.79 Å². The van der Waals surface area contributed by atoms with Crippen LogP contribution in [0.25, 0.3) is 0 Å². The van der Waals surface area contributed by atoms with Crippen LogP contribution in [0.15, 0.2) is 67.3 Å². The summed E-state index contributed by atoms with van der Waals surface area (Å²) in [6, 6.07) is 18.8. The monoisotopic (exact) mass is 441 g/mol. The maximum Gasteiger partial charge on any atom is 0.410 e. The SMILES string of the molecule is C=CCOC(=O)N1CCC(N(CCNc2ccccc2)CCc2ccc(Cl)cc2)CC1. The number of hydrogen-bond donors (Lipinski definition) is 1. The summed E-state index contributed by atoms with van der Waals surface area (Å²) < 4.78 is 5.19. The number of halogens is 1. The lowest BCUT2D eigenvalue weighted by Crippen LogP contribution is -2.48. The Bertz CT molecular complexity index is 805. The van der Waals surface area contributed by atoms with Crippen molar-refractivity contribution in [1.29, 1.82) is 0 Å². The number of amides is 1. The first-order valence-electron chi connectivity index (χ1n) is 11.0. The van der Waals surface area contributed by atoms with E-state index >= 15 is 0 Å². The number of ether oxygens (including phenoxy) is 1. The van der Waals surface area contributed by atoms with Gasteiger partial charge in [0.15, 0.2) is 0 Å². The molecule has 31 heavy (non-hydrogen) atoms. The van der Waals surface area contributed by atoms with E-state index in [2.05, 4.69) is 41.1 Å². The van der Waals surface area contributed by atoms with E-state index in [-0.39, 0.29) is 12.7 Å². The summed E-state index contributed by atoms with van der Waals surface area (Å²) >= 11 is 6.03. The van der Waals surface area contributed by atoms with Crippen LogP contribution in [-0.2, 0) is 11.2 Å². The third kappa shape index (κ3) is 7.60. The minimum Gasteiger partial charge on any atom is -0.445 e. The number of carbonyl (C=O) groups is 1. The molecule has 0 unspecified atom stereocenters. The van der Waals surface area contributed by atoms with E-state index in [0.29, 0.717) is 6.04 Å². The summed E-state index contributed by atoms with van der Waals surface area (Å²) in [5.41, 5.74) is 2.43. The van der Waals surface area contributed by atoms with Gasteiger partial charge in [-0.25, -0.2) is 4.79 Å². The van der Waals surface area contributed by atoms with Crippen LogP contribution in [0.2, 0.25) is 5.02 Å². The molecular formula is C25H32ClN3O2. The van der Waals surface area contributed by atoms with Crippen LogP contribution in [0.1, 0.15) is 18.4 Å². The average Bonchev–Trinajstić information content (AvgIpc) is 2.81. The third-order valence-electron chi connectivity index (χ3n) is 5.67. The highest BCUT2D eigenvalue weighted by molar-refractivity contribution is 6.30. The van der Waals surface area contributed by atoms with Gasteiger partial charge in [-0.05, 0) is 49.1 Å². The number of rotatable bonds is 10. The standard InChI is InChI=1S/C25H32ClN3O2/c1-2-20-31-25(30)29-17-13-24(14-18-29)28(16-12-21-8-10-22(26)11-9-21)19-15-27-23-6-4-3-5-7-23/h2-11,24,27H,1,12-20H2. The van der Waals surface area contributed by atoms with Crippen LogP contribution in [0, 0.1) is 0 Å². The minimum atomic E-state index is -0.239. The highest BCUT2D eigenvalue weighted by Crippen LogP contribution is 2.19. The zero-order valence-electron chi connectivity index (χ0n) is 18.0. The predicted molar refractivity (Wildman–Crippen MR) is 128 cm³/mol. The highest BCUT2D eigenvalue weighted by Gasteiger charge is 2.27. The third-order valence-corrected chi connectivity index (χ3v) is 5.92. The van der Waals surface area contributed by atoms with E-state index in [1.165, 1.54) is 5.56 Å². The van der Waals surface area contributed by atoms with Gasteiger partial charge in [0, 0.05) is 49.5 Å². The molecule has 3 rings (SSSR count). The Morgan fingerprint density at radius 3 is 2.52 bits per heavy atom. The number of carbonyl (C=O) groups excluding carboxylic acids is 1. The largest absolute Gasteiger partial charge is 0.445 e. The Balaban J connectivity index is 1.54. The summed E-state index contributed by atoms with van der Waals surface area (Å²) in [6.45, 7) is 8.12. The fraction of sp³-hybridized carbons (Fsp3) is 0.400. The van der Waals surface area contributed by atoms with Gasteiger partial charge in [0.1, 0.15) is 6.61 Å². The Kier molecular flexibility index (Phi) is 9.25. The van der Waals surface area contributed by atoms with Crippen molar-refractivity contribution < 1.29 is 9.53 Å². The van der Waals surface area contributed by atoms with Crippen LogP contribution in [0.5, 0.6) is 0 Å². The second-order valence-electron chi connectivity index (χ2n) is 7.79. The van der Waals surface area contributed by atoms with Crippen LogP contribution < -0.4 is 5.32 Å². The van der Waals surface area contributed by atoms with Crippen molar-refractivity contribution in [3.05, 3.63) is 77.8 Å². The molecule has 166 valence electrons. The molecule has 1 heterocycles. The van der Waals surface area contributed by atoms with E-state index < -0.39 is 0 Å². The van der Waals surface area contributed by atoms with Crippen molar-refractivity contribution in [2.75, 3.05) is 44.6 Å². The quantitative estimate of drug-likeness (QED) is 0.522. The van der Waals surface area contributed by atoms with Gasteiger partial charge in [-0.1, -0.05) is 54.6 Å². The van der Waals surface area contributed by atoms with Crippen LogP contribution in [-0.4, -0.2) is 61.3 Å². The summed E-state index contributed by atoms with van der Waals surface area (Å²) in [6.07, 6.45) is 4.24. The molecule has 0 spiro atoms. The number of benzene rings is 2. The van der Waals surface area contributed by atoms with Crippen molar-refractivity contribution >= 4 is 23.4 Å². The molecule has 1 N–H and O–H groups in total. The Hall–Kier alpha value is -2.50. The van der Waals surface area contributed by atoms with Crippen LogP contribution in [0.3, 0.4) is 0 Å². The van der Waals surface area contributed by atoms with E-state index in [1.807, 2.05) is 30.3 Å². The number of piperidine rings is 1. The molecule has 0 aliphatic carbocycles. The van der Waals surface area contributed by atoms with Gasteiger partial charge in [0.25, 0.3) is 0 Å². The van der Waals surface area contributed by atoms with Gasteiger partial charge in [-0.2, -0.15) is 0 Å². The average molecular weight is 442 g/mol. The van der Waals surface area contributed by atoms with Gasteiger partial charge < -0.3 is 15.0 Å². The molecule has 6 heteroatoms. The molecule has 0 bridgehead atoms. The lowest BCUT2D eigenvalue weighted by atomic mass is 10.0. The van der Waals surface area contributed by atoms with Crippen molar-refractivity contribution in [2.45, 2.75) is 25.3 Å². The second kappa shape index (κ2) is 12.4. The lowest BCUT2D eigenvalue weighted by molar-refractivity contribution is 0.0791. The molecule has 0 atom stereocenters. The molecule has 1 fully saturated rings. The number of nitrogens with zero attached hydrogens (tertiary/aromatic N) is 2. The molecule has 0 saturated carbocycles. The van der Waals surface area contributed by atoms with E-state index in [0.717, 1.165) is 62.7 Å². The summed E-state index contributed by atoms with van der Waals surface area (Å²) in [5, 5.41) is 4.28. The van der Waals surface area contributed by atoms with Crippen molar-refractivity contribution in [1.82, 2.24) is 9.80 Å². The van der Waals surface area contributed by atoms with Gasteiger partial charge in [0.05, 0.1) is 0 Å². The summed E-state index contributed by atoms with van der Waals surface area (Å²) in [4.78, 5) is 16.5. The maximum absolute atomic E-state index is 12.1. The molecule has 1 saturated heterocycles. The van der Waals surface area contributed by atoms with Crippen LogP contribution in [0.4, 0.5) is 10.5 Å². The van der Waals surface area contributed by atoms with Gasteiger partial charge in [-0.3, -0.25) is 4.90 Å². The Labute approximate surface area is 190 Å². The first-order valence-corrected chi connectivity index (χ1v) is 11.3. The van der Waals surface area contributed by atoms with Crippen molar-refractivity contribution in [3.8, 4) is 0 Å². The molecule has 1 amide bonds. The highest BCUT2D eigenvalue weighted by atomic mass is 35.5. The molecule has 0 aromatic heterocycles. The zero-order chi connectivity index (χ0) is 21.9. The fourth-order valence-corrected chi connectivity index (χ4v) is 4.06. The molecule has 0 radical (unpaired) electrons. The molecule has 1 aliphatic rings.